The van der Waals surface area contributed by atoms with Gasteiger partial charge in [-0.25, -0.2) is 4.39 Å². The van der Waals surface area contributed by atoms with Gasteiger partial charge in [0.1, 0.15) is 24.1 Å². The van der Waals surface area contributed by atoms with Crippen molar-refractivity contribution in [3.8, 4) is 11.5 Å². The van der Waals surface area contributed by atoms with Crippen LogP contribution in [0.4, 0.5) is 27.6 Å². The highest BCUT2D eigenvalue weighted by molar-refractivity contribution is 5.97. The quantitative estimate of drug-likeness (QED) is 0.250. The molecular weight excluding hydrogens is 571 g/mol. The third kappa shape index (κ3) is 5.55. The summed E-state index contributed by atoms with van der Waals surface area (Å²) in [7, 11) is 2.74. The van der Waals surface area contributed by atoms with Gasteiger partial charge >= 0.3 is 6.18 Å². The number of aromatic nitrogens is 1. The van der Waals surface area contributed by atoms with Crippen LogP contribution in [-0.2, 0) is 16.1 Å². The highest BCUT2D eigenvalue weighted by atomic mass is 19.4. The Morgan fingerprint density at radius 1 is 1.14 bits per heavy atom. The lowest BCUT2D eigenvalue weighted by molar-refractivity contribution is -0.275. The maximum Gasteiger partial charge on any atom is 0.417 e. The second-order valence-electron chi connectivity index (χ2n) is 11.4. The minimum absolute atomic E-state index is 0.0168. The van der Waals surface area contributed by atoms with Crippen LogP contribution in [0, 0.1) is 30.4 Å². The molecule has 5 rings (SSSR count). The third-order valence-electron chi connectivity index (χ3n) is 8.59. The number of carbonyl (C=O) groups excluding carboxylic acids is 1. The Balaban J connectivity index is 1.65. The first-order valence-electron chi connectivity index (χ1n) is 14.0. The monoisotopic (exact) mass is 604 g/mol. The Morgan fingerprint density at radius 2 is 1.81 bits per heavy atom. The average Bonchev–Trinajstić information content (AvgIpc) is 3.78. The van der Waals surface area contributed by atoms with Gasteiger partial charge in [-0.15, -0.1) is 0 Å². The minimum Gasteiger partial charge on any atom is -0.493 e. The van der Waals surface area contributed by atoms with Crippen molar-refractivity contribution >= 4 is 11.6 Å². The summed E-state index contributed by atoms with van der Waals surface area (Å²) in [6.45, 7) is 4.05. The number of hydrogen-bond acceptors (Lipinski definition) is 5. The molecule has 2 fully saturated rings. The van der Waals surface area contributed by atoms with Crippen LogP contribution in [0.25, 0.3) is 0 Å². The largest absolute Gasteiger partial charge is 0.493 e. The summed E-state index contributed by atoms with van der Waals surface area (Å²) in [5.41, 5.74) is -0.985. The lowest BCUT2D eigenvalue weighted by Gasteiger charge is -2.32. The second-order valence-corrected chi connectivity index (χ2v) is 11.4. The predicted molar refractivity (Wildman–Crippen MR) is 149 cm³/mol. The summed E-state index contributed by atoms with van der Waals surface area (Å²) >= 11 is 0. The van der Waals surface area contributed by atoms with Crippen molar-refractivity contribution in [1.82, 2.24) is 4.98 Å². The zero-order valence-electron chi connectivity index (χ0n) is 24.5. The van der Waals surface area contributed by atoms with Crippen LogP contribution >= 0.6 is 0 Å². The van der Waals surface area contributed by atoms with Gasteiger partial charge in [-0.05, 0) is 38.3 Å². The van der Waals surface area contributed by atoms with E-state index in [0.717, 1.165) is 38.5 Å². The van der Waals surface area contributed by atoms with Crippen LogP contribution in [0.5, 0.6) is 11.5 Å². The highest BCUT2D eigenvalue weighted by Crippen LogP contribution is 2.59. The van der Waals surface area contributed by atoms with Gasteiger partial charge in [0.25, 0.3) is 0 Å². The van der Waals surface area contributed by atoms with Crippen molar-refractivity contribution < 1.29 is 41.0 Å². The lowest BCUT2D eigenvalue weighted by Crippen LogP contribution is -2.46. The molecular formula is C32H33F5N2O4. The Bertz CT molecular complexity index is 1510. The molecule has 1 aliphatic carbocycles. The molecule has 2 heterocycles. The van der Waals surface area contributed by atoms with Gasteiger partial charge in [0.05, 0.1) is 18.5 Å². The van der Waals surface area contributed by atoms with Gasteiger partial charge in [0, 0.05) is 36.4 Å². The Hall–Kier alpha value is -3.73. The molecule has 11 heteroatoms. The second kappa shape index (κ2) is 11.4. The first kappa shape index (κ1) is 30.7. The van der Waals surface area contributed by atoms with E-state index < -0.39 is 47.1 Å². The number of pyridine rings is 1. The molecule has 0 spiro atoms. The molecule has 0 radical (unpaired) electrons. The van der Waals surface area contributed by atoms with Crippen LogP contribution in [0.3, 0.4) is 0 Å². The number of hydrogen-bond donors (Lipinski definition) is 0. The normalized spacial score (nSPS) is 23.7. The molecule has 0 unspecified atom stereocenters. The van der Waals surface area contributed by atoms with Crippen molar-refractivity contribution in [3.63, 3.8) is 0 Å². The van der Waals surface area contributed by atoms with E-state index in [1.165, 1.54) is 24.0 Å². The Morgan fingerprint density at radius 3 is 2.42 bits per heavy atom. The van der Waals surface area contributed by atoms with Crippen LogP contribution in [0.15, 0.2) is 48.5 Å². The number of ether oxygens (including phenoxy) is 3. The number of halogens is 5. The van der Waals surface area contributed by atoms with Crippen molar-refractivity contribution in [2.24, 2.45) is 11.8 Å². The summed E-state index contributed by atoms with van der Waals surface area (Å²) in [4.78, 5) is 19.1. The van der Waals surface area contributed by atoms with E-state index >= 15 is 0 Å². The summed E-state index contributed by atoms with van der Waals surface area (Å²) in [6, 6.07) is 12.8. The molecule has 4 atom stereocenters. The maximum absolute atomic E-state index is 14.8. The number of carbonyl (C=O) groups is 1. The van der Waals surface area contributed by atoms with E-state index in [1.54, 1.807) is 14.0 Å². The zero-order valence-corrected chi connectivity index (χ0v) is 24.5. The molecule has 6 nitrogen and oxygen atoms in total. The fourth-order valence-electron chi connectivity index (χ4n) is 5.84. The first-order chi connectivity index (χ1) is 20.3. The van der Waals surface area contributed by atoms with Crippen molar-refractivity contribution in [1.29, 1.82) is 0 Å². The topological polar surface area (TPSA) is 60.9 Å². The number of benzene rings is 2. The lowest BCUT2D eigenvalue weighted by atomic mass is 9.76. The summed E-state index contributed by atoms with van der Waals surface area (Å²) in [5, 5.41) is 0. The third-order valence-corrected chi connectivity index (χ3v) is 8.59. The first-order valence-corrected chi connectivity index (χ1v) is 14.0. The van der Waals surface area contributed by atoms with E-state index in [9.17, 15) is 26.7 Å². The smallest absolute Gasteiger partial charge is 0.417 e. The highest BCUT2D eigenvalue weighted by Gasteiger charge is 2.65. The van der Waals surface area contributed by atoms with Gasteiger partial charge in [0.2, 0.25) is 11.7 Å². The number of nitrogens with zero attached hydrogens (tertiary/aromatic N) is 2. The van der Waals surface area contributed by atoms with Crippen molar-refractivity contribution in [2.75, 3.05) is 19.1 Å². The number of methoxy groups -OCH3 is 1. The van der Waals surface area contributed by atoms with E-state index in [-0.39, 0.29) is 35.4 Å². The summed E-state index contributed by atoms with van der Waals surface area (Å²) < 4.78 is 89.7. The molecule has 3 aromatic rings. The van der Waals surface area contributed by atoms with E-state index in [0.29, 0.717) is 11.4 Å². The molecule has 2 aliphatic rings. The molecule has 43 heavy (non-hydrogen) atoms. The molecule has 0 bridgehead atoms. The average molecular weight is 605 g/mol. The van der Waals surface area contributed by atoms with Gasteiger partial charge in [-0.2, -0.15) is 17.6 Å². The van der Waals surface area contributed by atoms with E-state index in [4.69, 9.17) is 14.2 Å². The van der Waals surface area contributed by atoms with Gasteiger partial charge in [0.15, 0.2) is 17.2 Å². The molecule has 0 N–H and O–H groups in total. The van der Waals surface area contributed by atoms with E-state index in [2.05, 4.69) is 4.98 Å². The zero-order chi connectivity index (χ0) is 31.3. The van der Waals surface area contributed by atoms with Crippen LogP contribution in [0.2, 0.25) is 0 Å². The number of amides is 1. The van der Waals surface area contributed by atoms with Gasteiger partial charge in [-0.1, -0.05) is 43.3 Å². The fourth-order valence-corrected chi connectivity index (χ4v) is 5.84. The number of anilines is 1. The summed E-state index contributed by atoms with van der Waals surface area (Å²) in [6.07, 6.45) is -4.61. The van der Waals surface area contributed by atoms with Crippen LogP contribution in [0.1, 0.15) is 61.2 Å². The number of alkyl halides is 3. The van der Waals surface area contributed by atoms with E-state index in [1.807, 2.05) is 30.3 Å². The van der Waals surface area contributed by atoms with Crippen molar-refractivity contribution in [3.05, 3.63) is 82.7 Å². The SMILES string of the molecule is COc1c([C@H]2[C@H](c3cc(OCc4ccccc4)c(N(C)C(=O)C4CC4)c(C)n3)O[C@@](C)(C(F)(F)F)[C@H]2C)ccc(F)c1F. The minimum atomic E-state index is -4.80. The Kier molecular flexibility index (Phi) is 8.15. The molecule has 1 amide bonds. The molecule has 230 valence electrons. The van der Waals surface area contributed by atoms with Gasteiger partial charge < -0.3 is 19.1 Å². The standard InChI is InChI=1S/C32H33F5N2O4/c1-17-25(21-13-14-22(33)26(34)28(21)41-5)29(43-31(17,3)32(35,36)37)23-15-24(42-16-19-9-7-6-8-10-19)27(18(2)38-23)39(4)30(40)20-11-12-20/h6-10,13-15,17,20,25,29H,11-12,16H2,1-5H3/t17-,25-,29-,31+/m0/s1. The predicted octanol–water partition coefficient (Wildman–Crippen LogP) is 7.44. The molecule has 1 saturated heterocycles. The maximum atomic E-state index is 14.8. The number of aryl methyl sites for hydroxylation is 1. The molecule has 1 saturated carbocycles. The van der Waals surface area contributed by atoms with Gasteiger partial charge in [-0.3, -0.25) is 9.78 Å². The van der Waals surface area contributed by atoms with Crippen LogP contribution in [-0.4, -0.2) is 36.8 Å². The van der Waals surface area contributed by atoms with Crippen LogP contribution < -0.4 is 14.4 Å². The number of rotatable bonds is 8. The van der Waals surface area contributed by atoms with Crippen molar-refractivity contribution in [2.45, 2.75) is 64.0 Å². The molecule has 2 aromatic carbocycles. The summed E-state index contributed by atoms with van der Waals surface area (Å²) in [5.74, 6) is -5.38. The Labute approximate surface area is 246 Å². The molecule has 1 aromatic heterocycles. The molecule has 1 aliphatic heterocycles. The fraction of sp³-hybridized carbons (Fsp3) is 0.438.